The van der Waals surface area contributed by atoms with Gasteiger partial charge in [0.1, 0.15) is 11.8 Å². The lowest BCUT2D eigenvalue weighted by Crippen LogP contribution is -2.51. The second-order valence-corrected chi connectivity index (χ2v) is 6.16. The lowest BCUT2D eigenvalue weighted by molar-refractivity contribution is -0.121. The Hall–Kier alpha value is -3.02. The van der Waals surface area contributed by atoms with Crippen molar-refractivity contribution < 1.29 is 14.3 Å². The molecule has 1 heterocycles. The number of fused-ring (bicyclic) bond motifs is 1. The van der Waals surface area contributed by atoms with Crippen LogP contribution in [0.3, 0.4) is 0 Å². The van der Waals surface area contributed by atoms with Gasteiger partial charge in [0.2, 0.25) is 5.91 Å². The van der Waals surface area contributed by atoms with Crippen LogP contribution in [-0.4, -0.2) is 38.7 Å². The van der Waals surface area contributed by atoms with Gasteiger partial charge >= 0.3 is 6.03 Å². The van der Waals surface area contributed by atoms with Gasteiger partial charge in [0.25, 0.3) is 0 Å². The van der Waals surface area contributed by atoms with Crippen molar-refractivity contribution in [3.63, 3.8) is 0 Å². The van der Waals surface area contributed by atoms with Crippen LogP contribution in [0.2, 0.25) is 0 Å². The Balaban J connectivity index is 1.65. The van der Waals surface area contributed by atoms with Crippen molar-refractivity contribution in [2.24, 2.45) is 0 Å². The van der Waals surface area contributed by atoms with Crippen LogP contribution in [0.5, 0.6) is 5.75 Å². The van der Waals surface area contributed by atoms with Crippen molar-refractivity contribution >= 4 is 17.6 Å². The fourth-order valence-corrected chi connectivity index (χ4v) is 3.20. The Bertz CT molecular complexity index is 789. The molecule has 0 bridgehead atoms. The van der Waals surface area contributed by atoms with Crippen LogP contribution < -0.4 is 20.3 Å². The minimum atomic E-state index is -0.515. The van der Waals surface area contributed by atoms with Gasteiger partial charge in [-0.05, 0) is 35.7 Å². The Morgan fingerprint density at radius 3 is 2.58 bits per heavy atom. The molecule has 0 unspecified atom stereocenters. The van der Waals surface area contributed by atoms with Gasteiger partial charge in [-0.2, -0.15) is 0 Å². The number of para-hydroxylation sites is 1. The molecule has 6 heteroatoms. The Morgan fingerprint density at radius 2 is 1.88 bits per heavy atom. The summed E-state index contributed by atoms with van der Waals surface area (Å²) in [6, 6.07) is 14.6. The number of nitrogens with one attached hydrogen (secondary N) is 2. The first kappa shape index (κ1) is 17.8. The van der Waals surface area contributed by atoms with E-state index in [0.29, 0.717) is 19.4 Å². The third-order valence-electron chi connectivity index (χ3n) is 4.59. The highest BCUT2D eigenvalue weighted by Gasteiger charge is 2.37. The van der Waals surface area contributed by atoms with Gasteiger partial charge in [-0.1, -0.05) is 30.3 Å². The van der Waals surface area contributed by atoms with Crippen LogP contribution in [-0.2, 0) is 17.6 Å². The standard InChI is InChI=1S/C20H23N3O3/c1-21-19(24)18-13-15-5-3-4-6-17(15)23(18)20(25)22-12-11-14-7-9-16(26-2)10-8-14/h3-10,18H,11-13H2,1-2H3,(H,21,24)(H,22,25)/t18-/m0/s1. The van der Waals surface area contributed by atoms with Gasteiger partial charge in [0, 0.05) is 25.7 Å². The number of nitrogens with zero attached hydrogens (tertiary/aromatic N) is 1. The van der Waals surface area contributed by atoms with E-state index in [1.165, 1.54) is 0 Å². The average molecular weight is 353 g/mol. The maximum Gasteiger partial charge on any atom is 0.322 e. The summed E-state index contributed by atoms with van der Waals surface area (Å²) in [6.07, 6.45) is 1.23. The molecular formula is C20H23N3O3. The van der Waals surface area contributed by atoms with E-state index in [2.05, 4.69) is 10.6 Å². The molecule has 0 saturated heterocycles. The van der Waals surface area contributed by atoms with Crippen LogP contribution in [0.1, 0.15) is 11.1 Å². The fourth-order valence-electron chi connectivity index (χ4n) is 3.20. The predicted molar refractivity (Wildman–Crippen MR) is 101 cm³/mol. The summed E-state index contributed by atoms with van der Waals surface area (Å²) in [7, 11) is 3.22. The molecule has 2 aromatic carbocycles. The smallest absolute Gasteiger partial charge is 0.322 e. The fraction of sp³-hybridized carbons (Fsp3) is 0.300. The predicted octanol–water partition coefficient (Wildman–Crippen LogP) is 2.12. The van der Waals surface area contributed by atoms with E-state index >= 15 is 0 Å². The minimum absolute atomic E-state index is 0.161. The Morgan fingerprint density at radius 1 is 1.15 bits per heavy atom. The minimum Gasteiger partial charge on any atom is -0.497 e. The second kappa shape index (κ2) is 7.91. The van der Waals surface area contributed by atoms with Crippen molar-refractivity contribution in [3.8, 4) is 5.75 Å². The molecule has 2 aromatic rings. The van der Waals surface area contributed by atoms with Gasteiger partial charge in [0.15, 0.2) is 0 Å². The molecule has 0 fully saturated rings. The van der Waals surface area contributed by atoms with E-state index in [9.17, 15) is 9.59 Å². The highest BCUT2D eigenvalue weighted by atomic mass is 16.5. The first-order valence-corrected chi connectivity index (χ1v) is 8.63. The zero-order valence-electron chi connectivity index (χ0n) is 15.0. The van der Waals surface area contributed by atoms with Gasteiger partial charge < -0.3 is 15.4 Å². The summed E-state index contributed by atoms with van der Waals surface area (Å²) in [6.45, 7) is 0.490. The molecule has 2 N–H and O–H groups in total. The van der Waals surface area contributed by atoms with Crippen LogP contribution >= 0.6 is 0 Å². The molecule has 1 aliphatic rings. The number of carbonyl (C=O) groups excluding carboxylic acids is 2. The summed E-state index contributed by atoms with van der Waals surface area (Å²) in [5.74, 6) is 0.645. The summed E-state index contributed by atoms with van der Waals surface area (Å²) >= 11 is 0. The number of benzene rings is 2. The van der Waals surface area contributed by atoms with Gasteiger partial charge in [-0.3, -0.25) is 9.69 Å². The van der Waals surface area contributed by atoms with Gasteiger partial charge in [-0.25, -0.2) is 4.79 Å². The van der Waals surface area contributed by atoms with Crippen molar-refractivity contribution in [2.75, 3.05) is 25.6 Å². The lowest BCUT2D eigenvalue weighted by Gasteiger charge is -2.24. The Labute approximate surface area is 153 Å². The van der Waals surface area contributed by atoms with Crippen LogP contribution in [0.25, 0.3) is 0 Å². The number of rotatable bonds is 5. The zero-order chi connectivity index (χ0) is 18.5. The molecule has 0 radical (unpaired) electrons. The van der Waals surface area contributed by atoms with E-state index in [4.69, 9.17) is 4.74 Å². The second-order valence-electron chi connectivity index (χ2n) is 6.16. The molecule has 0 spiro atoms. The number of likely N-dealkylation sites (N-methyl/N-ethyl adjacent to an activating group) is 1. The molecule has 136 valence electrons. The number of ether oxygens (including phenoxy) is 1. The third kappa shape index (κ3) is 3.64. The van der Waals surface area contributed by atoms with Crippen molar-refractivity contribution in [3.05, 3.63) is 59.7 Å². The molecule has 0 saturated carbocycles. The number of anilines is 1. The van der Waals surface area contributed by atoms with Crippen molar-refractivity contribution in [1.29, 1.82) is 0 Å². The third-order valence-corrected chi connectivity index (χ3v) is 4.59. The van der Waals surface area contributed by atoms with Crippen LogP contribution in [0.4, 0.5) is 10.5 Å². The number of methoxy groups -OCH3 is 1. The lowest BCUT2D eigenvalue weighted by atomic mass is 10.1. The molecule has 1 aliphatic heterocycles. The summed E-state index contributed by atoms with van der Waals surface area (Å²) in [5.41, 5.74) is 2.91. The highest BCUT2D eigenvalue weighted by molar-refractivity contribution is 6.02. The molecule has 1 atom stereocenters. The molecule has 3 rings (SSSR count). The number of urea groups is 1. The number of amides is 3. The van der Waals surface area contributed by atoms with E-state index < -0.39 is 6.04 Å². The molecule has 26 heavy (non-hydrogen) atoms. The number of hydrogen-bond acceptors (Lipinski definition) is 3. The van der Waals surface area contributed by atoms with Crippen molar-refractivity contribution in [2.45, 2.75) is 18.9 Å². The monoisotopic (exact) mass is 353 g/mol. The average Bonchev–Trinajstić information content (AvgIpc) is 3.07. The topological polar surface area (TPSA) is 70.7 Å². The zero-order valence-corrected chi connectivity index (χ0v) is 15.0. The van der Waals surface area contributed by atoms with Gasteiger partial charge in [0.05, 0.1) is 7.11 Å². The van der Waals surface area contributed by atoms with Crippen LogP contribution in [0, 0.1) is 0 Å². The van der Waals surface area contributed by atoms with E-state index in [1.807, 2.05) is 48.5 Å². The van der Waals surface area contributed by atoms with E-state index in [0.717, 1.165) is 22.6 Å². The van der Waals surface area contributed by atoms with E-state index in [-0.39, 0.29) is 11.9 Å². The SMILES string of the molecule is CNC(=O)[C@@H]1Cc2ccccc2N1C(=O)NCCc1ccc(OC)cc1. The molecule has 6 nitrogen and oxygen atoms in total. The maximum absolute atomic E-state index is 12.7. The maximum atomic E-state index is 12.7. The first-order valence-electron chi connectivity index (χ1n) is 8.63. The largest absolute Gasteiger partial charge is 0.497 e. The van der Waals surface area contributed by atoms with Crippen molar-refractivity contribution in [1.82, 2.24) is 10.6 Å². The van der Waals surface area contributed by atoms with E-state index in [1.54, 1.807) is 19.1 Å². The number of hydrogen-bond donors (Lipinski definition) is 2. The molecular weight excluding hydrogens is 330 g/mol. The molecule has 3 amide bonds. The van der Waals surface area contributed by atoms with Crippen LogP contribution in [0.15, 0.2) is 48.5 Å². The summed E-state index contributed by atoms with van der Waals surface area (Å²) in [5, 5.41) is 5.57. The first-order chi connectivity index (χ1) is 12.6. The molecule has 0 aliphatic carbocycles. The number of carbonyl (C=O) groups is 2. The van der Waals surface area contributed by atoms with Gasteiger partial charge in [-0.15, -0.1) is 0 Å². The quantitative estimate of drug-likeness (QED) is 0.865. The molecule has 0 aromatic heterocycles. The highest BCUT2D eigenvalue weighted by Crippen LogP contribution is 2.32. The summed E-state index contributed by atoms with van der Waals surface area (Å²) in [4.78, 5) is 26.5. The summed E-state index contributed by atoms with van der Waals surface area (Å²) < 4.78 is 5.14. The normalized spacial score (nSPS) is 15.3. The Kier molecular flexibility index (Phi) is 5.41.